The Morgan fingerprint density at radius 2 is 1.95 bits per heavy atom. The van der Waals surface area contributed by atoms with Crippen molar-refractivity contribution < 1.29 is 8.42 Å². The maximum Gasteiger partial charge on any atom is 0.246 e. The van der Waals surface area contributed by atoms with Crippen molar-refractivity contribution in [2.24, 2.45) is 0 Å². The number of aryl methyl sites for hydroxylation is 2. The fourth-order valence-corrected chi connectivity index (χ4v) is 2.88. The lowest BCUT2D eigenvalue weighted by Crippen LogP contribution is -2.24. The average Bonchev–Trinajstić information content (AvgIpc) is 2.80. The lowest BCUT2D eigenvalue weighted by molar-refractivity contribution is 0.581. The van der Waals surface area contributed by atoms with E-state index in [9.17, 15) is 8.42 Å². The van der Waals surface area contributed by atoms with Gasteiger partial charge in [-0.1, -0.05) is 29.8 Å². The molecule has 1 heterocycles. The van der Waals surface area contributed by atoms with E-state index >= 15 is 0 Å². The Bertz CT molecular complexity index is 690. The topological polar surface area (TPSA) is 90.0 Å². The predicted molar refractivity (Wildman–Crippen MR) is 77.5 cm³/mol. The van der Waals surface area contributed by atoms with Crippen LogP contribution < -0.4 is 10.5 Å². The van der Waals surface area contributed by atoms with E-state index in [1.54, 1.807) is 0 Å². The first-order valence-corrected chi connectivity index (χ1v) is 7.79. The highest BCUT2D eigenvalue weighted by Crippen LogP contribution is 2.17. The summed E-state index contributed by atoms with van der Waals surface area (Å²) in [6.07, 6.45) is 1.27. The minimum Gasteiger partial charge on any atom is -0.383 e. The molecule has 2 rings (SSSR count). The molecule has 2 aromatic rings. The minimum absolute atomic E-state index is 0.0199. The highest BCUT2D eigenvalue weighted by Gasteiger charge is 2.20. The Morgan fingerprint density at radius 1 is 1.30 bits per heavy atom. The maximum absolute atomic E-state index is 12.2. The fraction of sp³-hybridized carbons (Fsp3) is 0.308. The minimum atomic E-state index is -3.65. The molecule has 1 aromatic carbocycles. The number of aromatic nitrogens is 2. The van der Waals surface area contributed by atoms with Crippen LogP contribution in [0.25, 0.3) is 0 Å². The first kappa shape index (κ1) is 14.5. The van der Waals surface area contributed by atoms with E-state index in [-0.39, 0.29) is 17.3 Å². The van der Waals surface area contributed by atoms with Crippen molar-refractivity contribution >= 4 is 15.8 Å². The van der Waals surface area contributed by atoms with Crippen LogP contribution in [-0.2, 0) is 23.1 Å². The highest BCUT2D eigenvalue weighted by atomic mass is 32.2. The zero-order chi connectivity index (χ0) is 14.8. The van der Waals surface area contributed by atoms with Gasteiger partial charge < -0.3 is 5.73 Å². The lowest BCUT2D eigenvalue weighted by atomic mass is 10.2. The van der Waals surface area contributed by atoms with Crippen LogP contribution in [0.4, 0.5) is 5.82 Å². The zero-order valence-corrected chi connectivity index (χ0v) is 12.3. The van der Waals surface area contributed by atoms with Crippen molar-refractivity contribution in [2.75, 3.05) is 5.73 Å². The normalized spacial score (nSPS) is 11.7. The molecule has 6 nitrogen and oxygen atoms in total. The number of nitrogen functional groups attached to an aromatic ring is 1. The van der Waals surface area contributed by atoms with Gasteiger partial charge in [-0.2, -0.15) is 5.10 Å². The molecular weight excluding hydrogens is 276 g/mol. The van der Waals surface area contributed by atoms with E-state index < -0.39 is 10.0 Å². The van der Waals surface area contributed by atoms with Crippen molar-refractivity contribution in [3.05, 3.63) is 41.6 Å². The third-order valence-corrected chi connectivity index (χ3v) is 4.44. The van der Waals surface area contributed by atoms with Gasteiger partial charge >= 0.3 is 0 Å². The van der Waals surface area contributed by atoms with Crippen LogP contribution in [0.3, 0.4) is 0 Å². The first-order chi connectivity index (χ1) is 9.44. The summed E-state index contributed by atoms with van der Waals surface area (Å²) in [5, 5.41) is 3.94. The van der Waals surface area contributed by atoms with Crippen molar-refractivity contribution in [1.29, 1.82) is 0 Å². The van der Waals surface area contributed by atoms with Crippen molar-refractivity contribution in [2.45, 2.75) is 31.8 Å². The van der Waals surface area contributed by atoms with Gasteiger partial charge in [-0.3, -0.25) is 0 Å². The number of rotatable bonds is 5. The Labute approximate surface area is 118 Å². The first-order valence-electron chi connectivity index (χ1n) is 6.30. The molecule has 0 fully saturated rings. The number of anilines is 1. The van der Waals surface area contributed by atoms with Gasteiger partial charge in [0.05, 0.1) is 6.20 Å². The predicted octanol–water partition coefficient (Wildman–Crippen LogP) is 1.27. The molecule has 0 atom stereocenters. The van der Waals surface area contributed by atoms with Gasteiger partial charge in [-0.25, -0.2) is 17.8 Å². The fourth-order valence-electron chi connectivity index (χ4n) is 1.80. The Morgan fingerprint density at radius 3 is 2.50 bits per heavy atom. The third-order valence-electron chi connectivity index (χ3n) is 3.02. The van der Waals surface area contributed by atoms with Crippen molar-refractivity contribution in [1.82, 2.24) is 14.5 Å². The number of sulfonamides is 1. The summed E-state index contributed by atoms with van der Waals surface area (Å²) in [6.45, 7) is 4.58. The molecule has 0 aliphatic heterocycles. The molecule has 20 heavy (non-hydrogen) atoms. The molecule has 1 aromatic heterocycles. The zero-order valence-electron chi connectivity index (χ0n) is 11.5. The van der Waals surface area contributed by atoms with Crippen molar-refractivity contribution in [3.8, 4) is 0 Å². The summed E-state index contributed by atoms with van der Waals surface area (Å²) < 4.78 is 28.3. The molecule has 0 spiro atoms. The maximum atomic E-state index is 12.2. The molecule has 0 aliphatic carbocycles. The van der Waals surface area contributed by atoms with Gasteiger partial charge in [0.15, 0.2) is 0 Å². The summed E-state index contributed by atoms with van der Waals surface area (Å²) in [7, 11) is -3.65. The molecule has 3 N–H and O–H groups in total. The number of hydrogen-bond acceptors (Lipinski definition) is 4. The molecular formula is C13H18N4O2S. The summed E-state index contributed by atoms with van der Waals surface area (Å²) >= 11 is 0. The van der Waals surface area contributed by atoms with E-state index in [0.29, 0.717) is 6.54 Å². The van der Waals surface area contributed by atoms with Crippen LogP contribution in [0.15, 0.2) is 35.4 Å². The molecule has 0 unspecified atom stereocenters. The third kappa shape index (κ3) is 3.00. The SMILES string of the molecule is CCn1ncc(S(=O)(=O)NCc2ccc(C)cc2)c1N. The second-order valence-electron chi connectivity index (χ2n) is 4.52. The molecule has 0 radical (unpaired) electrons. The van der Waals surface area contributed by atoms with Crippen LogP contribution >= 0.6 is 0 Å². The Kier molecular flexibility index (Phi) is 4.10. The van der Waals surface area contributed by atoms with Gasteiger partial charge in [0.2, 0.25) is 10.0 Å². The molecule has 0 amide bonds. The second kappa shape index (κ2) is 5.64. The summed E-state index contributed by atoms with van der Waals surface area (Å²) in [6, 6.07) is 7.65. The summed E-state index contributed by atoms with van der Waals surface area (Å²) in [5.41, 5.74) is 7.79. The molecule has 0 saturated heterocycles. The van der Waals surface area contributed by atoms with Crippen LogP contribution in [0.5, 0.6) is 0 Å². The molecule has 0 bridgehead atoms. The van der Waals surface area contributed by atoms with E-state index in [1.807, 2.05) is 38.1 Å². The van der Waals surface area contributed by atoms with Gasteiger partial charge in [0.25, 0.3) is 0 Å². The highest BCUT2D eigenvalue weighted by molar-refractivity contribution is 7.89. The molecule has 0 saturated carbocycles. The second-order valence-corrected chi connectivity index (χ2v) is 6.26. The number of nitrogens with two attached hydrogens (primary N) is 1. The molecule has 108 valence electrons. The summed E-state index contributed by atoms with van der Waals surface area (Å²) in [4.78, 5) is 0.0199. The van der Waals surface area contributed by atoms with Crippen LogP contribution in [-0.4, -0.2) is 18.2 Å². The van der Waals surface area contributed by atoms with E-state index in [4.69, 9.17) is 5.73 Å². The monoisotopic (exact) mass is 294 g/mol. The summed E-state index contributed by atoms with van der Waals surface area (Å²) in [5.74, 6) is 0.156. The van der Waals surface area contributed by atoms with E-state index in [0.717, 1.165) is 11.1 Å². The number of benzene rings is 1. The Balaban J connectivity index is 2.15. The van der Waals surface area contributed by atoms with Gasteiger partial charge in [-0.05, 0) is 19.4 Å². The Hall–Kier alpha value is -1.86. The van der Waals surface area contributed by atoms with E-state index in [1.165, 1.54) is 10.9 Å². The van der Waals surface area contributed by atoms with Crippen LogP contribution in [0, 0.1) is 6.92 Å². The number of nitrogens with one attached hydrogen (secondary N) is 1. The largest absolute Gasteiger partial charge is 0.383 e. The number of nitrogens with zero attached hydrogens (tertiary/aromatic N) is 2. The lowest BCUT2D eigenvalue weighted by Gasteiger charge is -2.07. The van der Waals surface area contributed by atoms with Crippen LogP contribution in [0.1, 0.15) is 18.1 Å². The van der Waals surface area contributed by atoms with Crippen molar-refractivity contribution in [3.63, 3.8) is 0 Å². The van der Waals surface area contributed by atoms with Crippen LogP contribution in [0.2, 0.25) is 0 Å². The van der Waals surface area contributed by atoms with E-state index in [2.05, 4.69) is 9.82 Å². The molecule has 7 heteroatoms. The number of hydrogen-bond donors (Lipinski definition) is 2. The molecule has 0 aliphatic rings. The standard InChI is InChI=1S/C13H18N4O2S/c1-3-17-13(14)12(9-15-17)20(18,19)16-8-11-6-4-10(2)5-7-11/h4-7,9,16H,3,8,14H2,1-2H3. The smallest absolute Gasteiger partial charge is 0.246 e. The quantitative estimate of drug-likeness (QED) is 0.869. The van der Waals surface area contributed by atoms with Gasteiger partial charge in [-0.15, -0.1) is 0 Å². The average molecular weight is 294 g/mol. The van der Waals surface area contributed by atoms with Gasteiger partial charge in [0, 0.05) is 13.1 Å². The van der Waals surface area contributed by atoms with Gasteiger partial charge in [0.1, 0.15) is 10.7 Å².